The summed E-state index contributed by atoms with van der Waals surface area (Å²) in [5.41, 5.74) is 1.58. The number of hydrogen-bond donors (Lipinski definition) is 1. The summed E-state index contributed by atoms with van der Waals surface area (Å²) in [7, 11) is 0. The van der Waals surface area contributed by atoms with E-state index in [4.69, 9.17) is 0 Å². The highest BCUT2D eigenvalue weighted by Gasteiger charge is 2.36. The monoisotopic (exact) mass is 334 g/mol. The number of benzene rings is 1. The maximum atomic E-state index is 12.4. The second kappa shape index (κ2) is 6.26. The quantitative estimate of drug-likeness (QED) is 0.860. The van der Waals surface area contributed by atoms with Crippen molar-refractivity contribution in [2.24, 2.45) is 16.8 Å². The molecule has 0 saturated heterocycles. The Kier molecular flexibility index (Phi) is 3.93. The Morgan fingerprint density at radius 1 is 1.04 bits per heavy atom. The van der Waals surface area contributed by atoms with E-state index in [1.165, 1.54) is 0 Å². The highest BCUT2D eigenvalue weighted by Crippen LogP contribution is 2.28. The first-order valence-corrected chi connectivity index (χ1v) is 8.36. The van der Waals surface area contributed by atoms with E-state index < -0.39 is 6.10 Å². The van der Waals surface area contributed by atoms with Crippen molar-refractivity contribution in [3.8, 4) is 0 Å². The zero-order chi connectivity index (χ0) is 17.4. The van der Waals surface area contributed by atoms with Crippen molar-refractivity contribution in [3.63, 3.8) is 0 Å². The molecule has 0 radical (unpaired) electrons. The highest BCUT2D eigenvalue weighted by molar-refractivity contribution is 6.21. The minimum atomic E-state index is -0.842. The van der Waals surface area contributed by atoms with Gasteiger partial charge in [0.1, 0.15) is 0 Å². The smallest absolute Gasteiger partial charge is 0.261 e. The molecule has 5 nitrogen and oxygen atoms in total. The lowest BCUT2D eigenvalue weighted by Crippen LogP contribution is -2.37. The van der Waals surface area contributed by atoms with Crippen LogP contribution in [-0.4, -0.2) is 40.7 Å². The zero-order valence-corrected chi connectivity index (χ0v) is 13.6. The van der Waals surface area contributed by atoms with E-state index in [1.807, 2.05) is 24.4 Å². The third-order valence-corrected chi connectivity index (χ3v) is 4.74. The molecule has 0 spiro atoms. The number of carbonyl (C=O) groups is 2. The lowest BCUT2D eigenvalue weighted by atomic mass is 9.86. The first-order valence-electron chi connectivity index (χ1n) is 8.36. The summed E-state index contributed by atoms with van der Waals surface area (Å²) in [5.74, 6) is -0.173. The molecule has 1 aliphatic carbocycles. The normalized spacial score (nSPS) is 25.0. The maximum absolute atomic E-state index is 12.4. The van der Waals surface area contributed by atoms with Gasteiger partial charge in [0, 0.05) is 30.2 Å². The molecule has 3 aliphatic rings. The molecule has 4 rings (SSSR count). The molecule has 0 fully saturated rings. The number of aliphatic hydroxyl groups excluding tert-OH is 1. The number of hydrogen-bond acceptors (Lipinski definition) is 4. The molecule has 3 atom stereocenters. The van der Waals surface area contributed by atoms with Crippen LogP contribution in [0.1, 0.15) is 27.1 Å². The van der Waals surface area contributed by atoms with Gasteiger partial charge in [0.2, 0.25) is 0 Å². The van der Waals surface area contributed by atoms with Crippen molar-refractivity contribution in [2.45, 2.75) is 12.5 Å². The Balaban J connectivity index is 1.43. The Morgan fingerprint density at radius 2 is 1.68 bits per heavy atom. The van der Waals surface area contributed by atoms with Crippen LogP contribution < -0.4 is 0 Å². The van der Waals surface area contributed by atoms with Gasteiger partial charge in [-0.2, -0.15) is 0 Å². The molecular formula is C20H18N2O3. The number of fused-ring (bicyclic) bond motifs is 2. The number of aliphatic hydroxyl groups is 1. The molecule has 2 amide bonds. The molecule has 0 bridgehead atoms. The van der Waals surface area contributed by atoms with E-state index >= 15 is 0 Å². The van der Waals surface area contributed by atoms with E-state index in [0.717, 1.165) is 10.6 Å². The molecule has 1 aromatic carbocycles. The van der Waals surface area contributed by atoms with Crippen LogP contribution in [0.25, 0.3) is 0 Å². The minimum Gasteiger partial charge on any atom is -0.391 e. The van der Waals surface area contributed by atoms with Gasteiger partial charge in [0.05, 0.1) is 23.8 Å². The van der Waals surface area contributed by atoms with Gasteiger partial charge in [-0.15, -0.1) is 0 Å². The predicted molar refractivity (Wildman–Crippen MR) is 94.3 cm³/mol. The predicted octanol–water partition coefficient (Wildman–Crippen LogP) is 2.36. The number of allylic oxidation sites excluding steroid dienone is 5. The molecule has 126 valence electrons. The van der Waals surface area contributed by atoms with Crippen LogP contribution in [0.3, 0.4) is 0 Å². The average Bonchev–Trinajstić information content (AvgIpc) is 2.87. The molecule has 25 heavy (non-hydrogen) atoms. The highest BCUT2D eigenvalue weighted by atomic mass is 16.3. The standard InChI is InChI=1S/C20H18N2O3/c23-16(10-15-9-13-5-1-2-6-14(13)11-21-15)12-22-19(24)17-7-3-4-8-18(17)20(22)25/h1-9,11,13-14,16,23H,10,12H2. The van der Waals surface area contributed by atoms with Gasteiger partial charge in [-0.05, 0) is 12.1 Å². The minimum absolute atomic E-state index is 0.0248. The van der Waals surface area contributed by atoms with Gasteiger partial charge in [-0.3, -0.25) is 19.5 Å². The summed E-state index contributed by atoms with van der Waals surface area (Å²) in [5, 5.41) is 10.4. The van der Waals surface area contributed by atoms with Crippen LogP contribution in [-0.2, 0) is 0 Å². The molecule has 2 heterocycles. The number of rotatable bonds is 4. The summed E-state index contributed by atoms with van der Waals surface area (Å²) in [4.78, 5) is 30.2. The van der Waals surface area contributed by atoms with Gasteiger partial charge in [0.25, 0.3) is 11.8 Å². The number of amides is 2. The molecule has 1 N–H and O–H groups in total. The largest absolute Gasteiger partial charge is 0.391 e. The number of β-amino-alcohol motifs (C(OH)–C–C–N with tert-alkyl or cyclic N) is 1. The molecule has 5 heteroatoms. The van der Waals surface area contributed by atoms with Crippen LogP contribution in [0.5, 0.6) is 0 Å². The fourth-order valence-corrected chi connectivity index (χ4v) is 3.45. The van der Waals surface area contributed by atoms with Crippen molar-refractivity contribution < 1.29 is 14.7 Å². The van der Waals surface area contributed by atoms with Crippen LogP contribution in [0.4, 0.5) is 0 Å². The van der Waals surface area contributed by atoms with Crippen LogP contribution in [0, 0.1) is 11.8 Å². The fraction of sp³-hybridized carbons (Fsp3) is 0.250. The third kappa shape index (κ3) is 2.87. The summed E-state index contributed by atoms with van der Waals surface area (Å²) < 4.78 is 0. The number of imide groups is 1. The molecular weight excluding hydrogens is 316 g/mol. The van der Waals surface area contributed by atoms with E-state index in [9.17, 15) is 14.7 Å². The van der Waals surface area contributed by atoms with Gasteiger partial charge >= 0.3 is 0 Å². The Bertz CT molecular complexity index is 815. The van der Waals surface area contributed by atoms with Gasteiger partial charge in [-0.25, -0.2) is 0 Å². The maximum Gasteiger partial charge on any atom is 0.261 e. The second-order valence-corrected chi connectivity index (χ2v) is 6.49. The SMILES string of the molecule is O=C1c2ccccc2C(=O)N1CC(O)CC1=CC2C=CC=CC2C=N1. The third-order valence-electron chi connectivity index (χ3n) is 4.74. The van der Waals surface area contributed by atoms with E-state index in [2.05, 4.69) is 17.1 Å². The van der Waals surface area contributed by atoms with Crippen molar-refractivity contribution in [1.29, 1.82) is 0 Å². The first-order chi connectivity index (χ1) is 12.1. The van der Waals surface area contributed by atoms with Crippen molar-refractivity contribution >= 4 is 18.0 Å². The van der Waals surface area contributed by atoms with E-state index in [0.29, 0.717) is 17.5 Å². The zero-order valence-electron chi connectivity index (χ0n) is 13.6. The van der Waals surface area contributed by atoms with Gasteiger partial charge < -0.3 is 5.11 Å². The number of nitrogens with zero attached hydrogens (tertiary/aromatic N) is 2. The summed E-state index contributed by atoms with van der Waals surface area (Å²) in [6, 6.07) is 6.74. The molecule has 2 aliphatic heterocycles. The molecule has 0 saturated carbocycles. The average molecular weight is 334 g/mol. The van der Waals surface area contributed by atoms with Crippen molar-refractivity contribution in [1.82, 2.24) is 4.90 Å². The Labute approximate surface area is 145 Å². The molecule has 0 aromatic heterocycles. The summed E-state index contributed by atoms with van der Waals surface area (Å²) in [6.45, 7) is -0.0248. The van der Waals surface area contributed by atoms with Crippen molar-refractivity contribution in [3.05, 3.63) is 71.5 Å². The lowest BCUT2D eigenvalue weighted by molar-refractivity contribution is 0.0543. The Hall–Kier alpha value is -2.79. The van der Waals surface area contributed by atoms with Gasteiger partial charge in [-0.1, -0.05) is 42.5 Å². The second-order valence-electron chi connectivity index (χ2n) is 6.49. The molecule has 1 aromatic rings. The molecule has 3 unspecified atom stereocenters. The summed E-state index contributed by atoms with van der Waals surface area (Å²) >= 11 is 0. The van der Waals surface area contributed by atoms with Crippen molar-refractivity contribution in [2.75, 3.05) is 6.54 Å². The number of carbonyl (C=O) groups excluding carboxylic acids is 2. The van der Waals surface area contributed by atoms with Gasteiger partial charge in [0.15, 0.2) is 0 Å². The first kappa shape index (κ1) is 15.7. The van der Waals surface area contributed by atoms with Crippen LogP contribution in [0.2, 0.25) is 0 Å². The van der Waals surface area contributed by atoms with E-state index in [-0.39, 0.29) is 30.2 Å². The van der Waals surface area contributed by atoms with Crippen LogP contribution in [0.15, 0.2) is 65.3 Å². The lowest BCUT2D eigenvalue weighted by Gasteiger charge is -2.24. The fourth-order valence-electron chi connectivity index (χ4n) is 3.45. The number of aliphatic imine (C=N–C) groups is 1. The topological polar surface area (TPSA) is 70.0 Å². The van der Waals surface area contributed by atoms with E-state index in [1.54, 1.807) is 24.3 Å². The van der Waals surface area contributed by atoms with Crippen LogP contribution >= 0.6 is 0 Å². The Morgan fingerprint density at radius 3 is 2.36 bits per heavy atom. The summed E-state index contributed by atoms with van der Waals surface area (Å²) in [6.07, 6.45) is 11.6.